The average Bonchev–Trinajstić information content (AvgIpc) is 2.29. The molecule has 0 bridgehead atoms. The molecule has 0 fully saturated rings. The van der Waals surface area contributed by atoms with Crippen molar-refractivity contribution in [2.75, 3.05) is 13.7 Å². The maximum absolute atomic E-state index is 13.5. The van der Waals surface area contributed by atoms with E-state index in [2.05, 4.69) is 0 Å². The summed E-state index contributed by atoms with van der Waals surface area (Å²) in [6.07, 6.45) is 0.660. The van der Waals surface area contributed by atoms with Crippen LogP contribution in [0.3, 0.4) is 0 Å². The predicted molar refractivity (Wildman–Crippen MR) is 60.9 cm³/mol. The number of benzene rings is 1. The summed E-state index contributed by atoms with van der Waals surface area (Å²) < 4.78 is 23.9. The number of rotatable bonds is 6. The van der Waals surface area contributed by atoms with E-state index in [9.17, 15) is 4.39 Å². The van der Waals surface area contributed by atoms with Gasteiger partial charge in [0, 0.05) is 26.7 Å². The summed E-state index contributed by atoms with van der Waals surface area (Å²) >= 11 is 0. The minimum absolute atomic E-state index is 0.0711. The Balaban J connectivity index is 2.59. The fourth-order valence-electron chi connectivity index (χ4n) is 1.33. The van der Waals surface area contributed by atoms with E-state index < -0.39 is 0 Å². The molecule has 1 atom stereocenters. The largest absolute Gasteiger partial charge is 0.488 e. The minimum atomic E-state index is -0.368. The van der Waals surface area contributed by atoms with Crippen molar-refractivity contribution in [1.82, 2.24) is 0 Å². The smallest absolute Gasteiger partial charge is 0.165 e. The Kier molecular flexibility index (Phi) is 5.22. The third-order valence-electron chi connectivity index (χ3n) is 2.29. The van der Waals surface area contributed by atoms with Gasteiger partial charge in [0.25, 0.3) is 0 Å². The highest BCUT2D eigenvalue weighted by Crippen LogP contribution is 2.20. The van der Waals surface area contributed by atoms with Gasteiger partial charge in [-0.1, -0.05) is 6.07 Å². The van der Waals surface area contributed by atoms with Crippen molar-refractivity contribution in [3.63, 3.8) is 0 Å². The fraction of sp³-hybridized carbons (Fsp3) is 0.500. The normalized spacial score (nSPS) is 12.5. The summed E-state index contributed by atoms with van der Waals surface area (Å²) in [6, 6.07) is 4.78. The van der Waals surface area contributed by atoms with Gasteiger partial charge in [-0.25, -0.2) is 4.39 Å². The van der Waals surface area contributed by atoms with Crippen molar-refractivity contribution in [3.8, 4) is 5.75 Å². The van der Waals surface area contributed by atoms with Gasteiger partial charge in [-0.2, -0.15) is 0 Å². The molecule has 2 N–H and O–H groups in total. The zero-order valence-electron chi connectivity index (χ0n) is 9.70. The summed E-state index contributed by atoms with van der Waals surface area (Å²) in [5.41, 5.74) is 6.17. The van der Waals surface area contributed by atoms with Gasteiger partial charge in [-0.3, -0.25) is 0 Å². The topological polar surface area (TPSA) is 44.5 Å². The molecule has 0 saturated carbocycles. The SMILES string of the molecule is COCCC(C)Oc1ccc(CN)cc1F. The first-order chi connectivity index (χ1) is 7.67. The molecule has 4 heteroatoms. The minimum Gasteiger partial charge on any atom is -0.488 e. The van der Waals surface area contributed by atoms with E-state index in [4.69, 9.17) is 15.2 Å². The number of nitrogens with two attached hydrogens (primary N) is 1. The van der Waals surface area contributed by atoms with Crippen molar-refractivity contribution >= 4 is 0 Å². The van der Waals surface area contributed by atoms with E-state index in [1.165, 1.54) is 6.07 Å². The number of hydrogen-bond donors (Lipinski definition) is 1. The molecular formula is C12H18FNO2. The lowest BCUT2D eigenvalue weighted by atomic mass is 10.2. The van der Waals surface area contributed by atoms with Crippen molar-refractivity contribution in [2.45, 2.75) is 26.0 Å². The van der Waals surface area contributed by atoms with E-state index in [1.807, 2.05) is 6.92 Å². The van der Waals surface area contributed by atoms with Crippen LogP contribution in [-0.4, -0.2) is 19.8 Å². The first-order valence-corrected chi connectivity index (χ1v) is 5.31. The van der Waals surface area contributed by atoms with E-state index in [0.29, 0.717) is 13.2 Å². The van der Waals surface area contributed by atoms with Crippen LogP contribution in [0.25, 0.3) is 0 Å². The maximum Gasteiger partial charge on any atom is 0.165 e. The molecule has 0 heterocycles. The van der Waals surface area contributed by atoms with Crippen LogP contribution in [-0.2, 0) is 11.3 Å². The second-order valence-corrected chi connectivity index (χ2v) is 3.68. The molecule has 90 valence electrons. The van der Waals surface area contributed by atoms with Crippen molar-refractivity contribution < 1.29 is 13.9 Å². The second kappa shape index (κ2) is 6.45. The van der Waals surface area contributed by atoms with Crippen LogP contribution in [0.5, 0.6) is 5.75 Å². The first-order valence-electron chi connectivity index (χ1n) is 5.31. The summed E-state index contributed by atoms with van der Waals surface area (Å²) in [7, 11) is 1.63. The van der Waals surface area contributed by atoms with Crippen molar-refractivity contribution in [3.05, 3.63) is 29.6 Å². The van der Waals surface area contributed by atoms with Gasteiger partial charge in [0.15, 0.2) is 11.6 Å². The molecule has 1 unspecified atom stereocenters. The van der Waals surface area contributed by atoms with Crippen LogP contribution in [0, 0.1) is 5.82 Å². The Morgan fingerprint density at radius 2 is 2.19 bits per heavy atom. The fourth-order valence-corrected chi connectivity index (χ4v) is 1.33. The van der Waals surface area contributed by atoms with Gasteiger partial charge >= 0.3 is 0 Å². The first kappa shape index (κ1) is 12.9. The summed E-state index contributed by atoms with van der Waals surface area (Å²) in [6.45, 7) is 2.81. The maximum atomic E-state index is 13.5. The highest BCUT2D eigenvalue weighted by atomic mass is 19.1. The molecule has 0 amide bonds. The van der Waals surface area contributed by atoms with Crippen LogP contribution < -0.4 is 10.5 Å². The second-order valence-electron chi connectivity index (χ2n) is 3.68. The predicted octanol–water partition coefficient (Wildman–Crippen LogP) is 2.09. The summed E-state index contributed by atoms with van der Waals surface area (Å²) in [5.74, 6) is -0.104. The molecule has 0 aliphatic carbocycles. The van der Waals surface area contributed by atoms with Gasteiger partial charge in [0.2, 0.25) is 0 Å². The lowest BCUT2D eigenvalue weighted by Gasteiger charge is -2.15. The Morgan fingerprint density at radius 1 is 1.44 bits per heavy atom. The molecule has 0 aliphatic rings. The van der Waals surface area contributed by atoms with Gasteiger partial charge in [-0.05, 0) is 24.6 Å². The molecule has 0 aliphatic heterocycles. The number of hydrogen-bond acceptors (Lipinski definition) is 3. The van der Waals surface area contributed by atoms with Crippen LogP contribution in [0.2, 0.25) is 0 Å². The Labute approximate surface area is 95.4 Å². The number of halogens is 1. The standard InChI is InChI=1S/C12H18FNO2/c1-9(5-6-15-2)16-12-4-3-10(8-14)7-11(12)13/h3-4,7,9H,5-6,8,14H2,1-2H3. The van der Waals surface area contributed by atoms with Gasteiger partial charge in [0.05, 0.1) is 6.10 Å². The number of methoxy groups -OCH3 is 1. The molecule has 0 saturated heterocycles. The number of ether oxygens (including phenoxy) is 2. The lowest BCUT2D eigenvalue weighted by Crippen LogP contribution is -2.15. The monoisotopic (exact) mass is 227 g/mol. The zero-order chi connectivity index (χ0) is 12.0. The Morgan fingerprint density at radius 3 is 2.75 bits per heavy atom. The zero-order valence-corrected chi connectivity index (χ0v) is 9.70. The van der Waals surface area contributed by atoms with E-state index in [0.717, 1.165) is 12.0 Å². The third-order valence-corrected chi connectivity index (χ3v) is 2.29. The van der Waals surface area contributed by atoms with E-state index in [-0.39, 0.29) is 17.7 Å². The van der Waals surface area contributed by atoms with Crippen LogP contribution >= 0.6 is 0 Å². The van der Waals surface area contributed by atoms with Gasteiger partial charge in [-0.15, -0.1) is 0 Å². The Bertz CT molecular complexity index is 331. The van der Waals surface area contributed by atoms with Crippen molar-refractivity contribution in [1.29, 1.82) is 0 Å². The average molecular weight is 227 g/mol. The molecule has 0 radical (unpaired) electrons. The molecule has 16 heavy (non-hydrogen) atoms. The summed E-state index contributed by atoms with van der Waals surface area (Å²) in [4.78, 5) is 0. The van der Waals surface area contributed by atoms with Gasteiger partial charge < -0.3 is 15.2 Å². The Hall–Kier alpha value is -1.13. The van der Waals surface area contributed by atoms with Gasteiger partial charge in [0.1, 0.15) is 0 Å². The van der Waals surface area contributed by atoms with Crippen molar-refractivity contribution in [2.24, 2.45) is 5.73 Å². The summed E-state index contributed by atoms with van der Waals surface area (Å²) in [5, 5.41) is 0. The van der Waals surface area contributed by atoms with Crippen LogP contribution in [0.4, 0.5) is 4.39 Å². The molecular weight excluding hydrogens is 209 g/mol. The third kappa shape index (κ3) is 3.79. The molecule has 0 spiro atoms. The molecule has 1 aromatic rings. The lowest BCUT2D eigenvalue weighted by molar-refractivity contribution is 0.132. The molecule has 0 aromatic heterocycles. The molecule has 3 nitrogen and oxygen atoms in total. The van der Waals surface area contributed by atoms with E-state index >= 15 is 0 Å². The van der Waals surface area contributed by atoms with E-state index in [1.54, 1.807) is 19.2 Å². The highest BCUT2D eigenvalue weighted by molar-refractivity contribution is 5.29. The molecule has 1 rings (SSSR count). The highest BCUT2D eigenvalue weighted by Gasteiger charge is 2.08. The quantitative estimate of drug-likeness (QED) is 0.809. The molecule has 1 aromatic carbocycles. The van der Waals surface area contributed by atoms with Crippen LogP contribution in [0.15, 0.2) is 18.2 Å². The van der Waals surface area contributed by atoms with Crippen LogP contribution in [0.1, 0.15) is 18.9 Å².